The molecule has 2 aromatic heterocycles. The van der Waals surface area contributed by atoms with Crippen molar-refractivity contribution in [3.8, 4) is 6.07 Å². The van der Waals surface area contributed by atoms with Crippen molar-refractivity contribution in [1.82, 2.24) is 10.2 Å². The number of thiophene rings is 1. The zero-order chi connectivity index (χ0) is 14.4. The molecular weight excluding hydrogens is 268 g/mol. The molecule has 0 radical (unpaired) electrons. The minimum absolute atomic E-state index is 0.608. The van der Waals surface area contributed by atoms with Gasteiger partial charge in [0.05, 0.1) is 5.69 Å². The van der Waals surface area contributed by atoms with E-state index in [1.807, 2.05) is 13.8 Å². The highest BCUT2D eigenvalue weighted by Crippen LogP contribution is 2.20. The van der Waals surface area contributed by atoms with Crippen molar-refractivity contribution in [1.29, 1.82) is 5.26 Å². The Bertz CT molecular complexity index is 599. The molecule has 2 rings (SSSR count). The van der Waals surface area contributed by atoms with Crippen LogP contribution in [0.15, 0.2) is 16.8 Å². The van der Waals surface area contributed by atoms with Crippen LogP contribution in [0.5, 0.6) is 0 Å². The van der Waals surface area contributed by atoms with Gasteiger partial charge >= 0.3 is 0 Å². The second kappa shape index (κ2) is 7.01. The third-order valence-corrected chi connectivity index (χ3v) is 3.98. The molecule has 0 aliphatic heterocycles. The SMILES string of the molecule is CCc1nnc(NCCc2ccsc2)c(C#N)c1CC. The summed E-state index contributed by atoms with van der Waals surface area (Å²) in [4.78, 5) is 0. The first-order chi connectivity index (χ1) is 9.80. The van der Waals surface area contributed by atoms with Crippen molar-refractivity contribution in [2.45, 2.75) is 33.1 Å². The molecule has 0 aromatic carbocycles. The summed E-state index contributed by atoms with van der Waals surface area (Å²) < 4.78 is 0. The Labute approximate surface area is 123 Å². The third-order valence-electron chi connectivity index (χ3n) is 3.24. The Morgan fingerprint density at radius 3 is 2.75 bits per heavy atom. The molecule has 1 N–H and O–H groups in total. The van der Waals surface area contributed by atoms with Crippen LogP contribution >= 0.6 is 11.3 Å². The molecule has 20 heavy (non-hydrogen) atoms. The number of aryl methyl sites for hydroxylation is 1. The van der Waals surface area contributed by atoms with E-state index in [0.717, 1.165) is 37.1 Å². The summed E-state index contributed by atoms with van der Waals surface area (Å²) in [6.45, 7) is 4.84. The molecular formula is C15H18N4S. The number of nitriles is 1. The summed E-state index contributed by atoms with van der Waals surface area (Å²) in [5.74, 6) is 0.608. The number of rotatable bonds is 6. The number of hydrogen-bond donors (Lipinski definition) is 1. The van der Waals surface area contributed by atoms with E-state index in [4.69, 9.17) is 0 Å². The molecule has 0 bridgehead atoms. The van der Waals surface area contributed by atoms with Crippen molar-refractivity contribution in [2.75, 3.05) is 11.9 Å². The maximum atomic E-state index is 9.38. The summed E-state index contributed by atoms with van der Waals surface area (Å²) in [7, 11) is 0. The van der Waals surface area contributed by atoms with Gasteiger partial charge in [-0.15, -0.1) is 5.10 Å². The van der Waals surface area contributed by atoms with E-state index in [2.05, 4.69) is 38.4 Å². The number of nitrogens with one attached hydrogen (secondary N) is 1. The number of anilines is 1. The average Bonchev–Trinajstić information content (AvgIpc) is 2.99. The second-order valence-electron chi connectivity index (χ2n) is 4.48. The first-order valence-corrected chi connectivity index (χ1v) is 7.77. The molecule has 0 saturated carbocycles. The van der Waals surface area contributed by atoms with Gasteiger partial charge < -0.3 is 5.32 Å². The Hall–Kier alpha value is -1.93. The van der Waals surface area contributed by atoms with Gasteiger partial charge in [0.2, 0.25) is 0 Å². The maximum Gasteiger partial charge on any atom is 0.166 e. The highest BCUT2D eigenvalue weighted by molar-refractivity contribution is 7.07. The smallest absolute Gasteiger partial charge is 0.166 e. The lowest BCUT2D eigenvalue weighted by atomic mass is 10.0. The molecule has 104 valence electrons. The normalized spacial score (nSPS) is 10.2. The van der Waals surface area contributed by atoms with E-state index < -0.39 is 0 Å². The zero-order valence-electron chi connectivity index (χ0n) is 11.8. The molecule has 0 aliphatic carbocycles. The molecule has 2 aromatic rings. The molecule has 0 amide bonds. The Morgan fingerprint density at radius 1 is 1.30 bits per heavy atom. The van der Waals surface area contributed by atoms with Gasteiger partial charge in [0, 0.05) is 6.54 Å². The molecule has 0 unspecified atom stereocenters. The average molecular weight is 286 g/mol. The van der Waals surface area contributed by atoms with Gasteiger partial charge in [0.25, 0.3) is 0 Å². The molecule has 0 aliphatic rings. The molecule has 0 saturated heterocycles. The van der Waals surface area contributed by atoms with E-state index in [1.54, 1.807) is 11.3 Å². The van der Waals surface area contributed by atoms with Gasteiger partial charge in [-0.05, 0) is 47.2 Å². The maximum absolute atomic E-state index is 9.38. The van der Waals surface area contributed by atoms with E-state index >= 15 is 0 Å². The summed E-state index contributed by atoms with van der Waals surface area (Å²) in [6.07, 6.45) is 2.54. The minimum Gasteiger partial charge on any atom is -0.367 e. The number of nitrogens with zero attached hydrogens (tertiary/aromatic N) is 3. The molecule has 5 heteroatoms. The highest BCUT2D eigenvalue weighted by atomic mass is 32.1. The van der Waals surface area contributed by atoms with E-state index in [-0.39, 0.29) is 0 Å². The number of aromatic nitrogens is 2. The van der Waals surface area contributed by atoms with Gasteiger partial charge in [-0.25, -0.2) is 0 Å². The lowest BCUT2D eigenvalue weighted by Crippen LogP contribution is -2.12. The summed E-state index contributed by atoms with van der Waals surface area (Å²) in [5, 5.41) is 25.2. The molecule has 0 spiro atoms. The monoisotopic (exact) mass is 286 g/mol. The van der Waals surface area contributed by atoms with Crippen LogP contribution in [0.25, 0.3) is 0 Å². The fourth-order valence-corrected chi connectivity index (χ4v) is 2.88. The number of hydrogen-bond acceptors (Lipinski definition) is 5. The Morgan fingerprint density at radius 2 is 2.15 bits per heavy atom. The van der Waals surface area contributed by atoms with Crippen LogP contribution in [0.4, 0.5) is 5.82 Å². The largest absolute Gasteiger partial charge is 0.367 e. The summed E-state index contributed by atoms with van der Waals surface area (Å²) in [6, 6.07) is 4.38. The second-order valence-corrected chi connectivity index (χ2v) is 5.26. The zero-order valence-corrected chi connectivity index (χ0v) is 12.6. The van der Waals surface area contributed by atoms with Crippen LogP contribution in [-0.4, -0.2) is 16.7 Å². The van der Waals surface area contributed by atoms with Crippen LogP contribution in [0.3, 0.4) is 0 Å². The van der Waals surface area contributed by atoms with Gasteiger partial charge in [0.1, 0.15) is 11.6 Å². The fourth-order valence-electron chi connectivity index (χ4n) is 2.18. The third kappa shape index (κ3) is 3.14. The van der Waals surface area contributed by atoms with E-state index in [0.29, 0.717) is 11.4 Å². The molecule has 0 fully saturated rings. The van der Waals surface area contributed by atoms with Crippen molar-refractivity contribution in [2.24, 2.45) is 0 Å². The Balaban J connectivity index is 2.13. The van der Waals surface area contributed by atoms with Gasteiger partial charge in [-0.1, -0.05) is 13.8 Å². The van der Waals surface area contributed by atoms with Crippen molar-refractivity contribution >= 4 is 17.2 Å². The summed E-state index contributed by atoms with van der Waals surface area (Å²) >= 11 is 1.70. The van der Waals surface area contributed by atoms with Gasteiger partial charge in [-0.3, -0.25) is 0 Å². The minimum atomic E-state index is 0.608. The molecule has 0 atom stereocenters. The predicted molar refractivity (Wildman–Crippen MR) is 82.0 cm³/mol. The lowest BCUT2D eigenvalue weighted by molar-refractivity contribution is 0.866. The van der Waals surface area contributed by atoms with Crippen LogP contribution < -0.4 is 5.32 Å². The first-order valence-electron chi connectivity index (χ1n) is 6.83. The first kappa shape index (κ1) is 14.5. The molecule has 2 heterocycles. The van der Waals surface area contributed by atoms with E-state index in [9.17, 15) is 5.26 Å². The fraction of sp³-hybridized carbons (Fsp3) is 0.400. The van der Waals surface area contributed by atoms with Crippen LogP contribution in [0.1, 0.15) is 36.2 Å². The van der Waals surface area contributed by atoms with Crippen molar-refractivity contribution < 1.29 is 0 Å². The standard InChI is InChI=1S/C15H18N4S/c1-3-12-13(9-16)15(19-18-14(12)4-2)17-7-5-11-6-8-20-10-11/h6,8,10H,3-5,7H2,1-2H3,(H,17,19). The van der Waals surface area contributed by atoms with Crippen LogP contribution in [0, 0.1) is 11.3 Å². The topological polar surface area (TPSA) is 61.6 Å². The van der Waals surface area contributed by atoms with Crippen LogP contribution in [-0.2, 0) is 19.3 Å². The van der Waals surface area contributed by atoms with Gasteiger partial charge in [0.15, 0.2) is 5.82 Å². The van der Waals surface area contributed by atoms with Crippen molar-refractivity contribution in [3.05, 3.63) is 39.2 Å². The highest BCUT2D eigenvalue weighted by Gasteiger charge is 2.13. The lowest BCUT2D eigenvalue weighted by Gasteiger charge is -2.11. The van der Waals surface area contributed by atoms with Crippen molar-refractivity contribution in [3.63, 3.8) is 0 Å². The predicted octanol–water partition coefficient (Wildman–Crippen LogP) is 3.19. The summed E-state index contributed by atoms with van der Waals surface area (Å²) in [5.41, 5.74) is 3.88. The van der Waals surface area contributed by atoms with Crippen LogP contribution in [0.2, 0.25) is 0 Å². The van der Waals surface area contributed by atoms with E-state index in [1.165, 1.54) is 5.56 Å². The Kier molecular flexibility index (Phi) is 5.08. The molecule has 4 nitrogen and oxygen atoms in total. The quantitative estimate of drug-likeness (QED) is 0.886. The van der Waals surface area contributed by atoms with Gasteiger partial charge in [-0.2, -0.15) is 21.7 Å².